The van der Waals surface area contributed by atoms with Gasteiger partial charge in [0.1, 0.15) is 11.4 Å². The first-order valence-corrected chi connectivity index (χ1v) is 7.26. The molecule has 0 spiro atoms. The molecule has 0 aromatic carbocycles. The first-order chi connectivity index (χ1) is 8.63. The minimum atomic E-state index is -0.0253. The maximum Gasteiger partial charge on any atom is 0.237 e. The Labute approximate surface area is 113 Å². The van der Waals surface area contributed by atoms with E-state index in [1.54, 1.807) is 24.6 Å². The largest absolute Gasteiger partial charge is 0.492 e. The fourth-order valence-electron chi connectivity index (χ4n) is 1.34. The average Bonchev–Trinajstić information content (AvgIpc) is 2.38. The van der Waals surface area contributed by atoms with Gasteiger partial charge in [0.25, 0.3) is 0 Å². The SMILES string of the molecule is CSC(=O)c1ccc(OCCCNC(C)C)cn1. The van der Waals surface area contributed by atoms with Crippen LogP contribution >= 0.6 is 11.8 Å². The lowest BCUT2D eigenvalue weighted by Crippen LogP contribution is -2.24. The number of hydrogen-bond acceptors (Lipinski definition) is 5. The second-order valence-corrected chi connectivity index (χ2v) is 4.96. The first kappa shape index (κ1) is 15.0. The molecule has 0 amide bonds. The van der Waals surface area contributed by atoms with E-state index in [0.29, 0.717) is 24.1 Å². The Balaban J connectivity index is 2.29. The quantitative estimate of drug-likeness (QED) is 0.769. The number of pyridine rings is 1. The van der Waals surface area contributed by atoms with Crippen molar-refractivity contribution >= 4 is 16.9 Å². The molecule has 0 aliphatic rings. The summed E-state index contributed by atoms with van der Waals surface area (Å²) in [6.45, 7) is 5.82. The number of nitrogens with one attached hydrogen (secondary N) is 1. The Morgan fingerprint density at radius 3 is 2.83 bits per heavy atom. The van der Waals surface area contributed by atoms with Gasteiger partial charge in [-0.3, -0.25) is 4.79 Å². The van der Waals surface area contributed by atoms with E-state index < -0.39 is 0 Å². The zero-order valence-electron chi connectivity index (χ0n) is 11.1. The number of aromatic nitrogens is 1. The van der Waals surface area contributed by atoms with Gasteiger partial charge in [0.05, 0.1) is 12.8 Å². The number of thioether (sulfide) groups is 1. The molecule has 5 heteroatoms. The zero-order valence-corrected chi connectivity index (χ0v) is 11.9. The molecule has 4 nitrogen and oxygen atoms in total. The maximum atomic E-state index is 11.3. The molecule has 0 bridgehead atoms. The highest BCUT2D eigenvalue weighted by Crippen LogP contribution is 2.12. The summed E-state index contributed by atoms with van der Waals surface area (Å²) in [6.07, 6.45) is 4.29. The molecule has 0 saturated heterocycles. The van der Waals surface area contributed by atoms with E-state index in [-0.39, 0.29) is 5.12 Å². The molecule has 0 unspecified atom stereocenters. The topological polar surface area (TPSA) is 51.2 Å². The zero-order chi connectivity index (χ0) is 13.4. The van der Waals surface area contributed by atoms with Gasteiger partial charge >= 0.3 is 0 Å². The average molecular weight is 268 g/mol. The van der Waals surface area contributed by atoms with Crippen LogP contribution in [0.4, 0.5) is 0 Å². The Hall–Kier alpha value is -1.07. The van der Waals surface area contributed by atoms with Crippen LogP contribution < -0.4 is 10.1 Å². The highest BCUT2D eigenvalue weighted by molar-refractivity contribution is 8.13. The molecule has 0 aliphatic carbocycles. The summed E-state index contributed by atoms with van der Waals surface area (Å²) in [6, 6.07) is 3.98. The van der Waals surface area contributed by atoms with Crippen molar-refractivity contribution in [2.24, 2.45) is 0 Å². The summed E-state index contributed by atoms with van der Waals surface area (Å²) in [7, 11) is 0. The molecule has 1 heterocycles. The van der Waals surface area contributed by atoms with Gasteiger partial charge in [-0.2, -0.15) is 0 Å². The monoisotopic (exact) mass is 268 g/mol. The molecular formula is C13H20N2O2S. The van der Waals surface area contributed by atoms with Gasteiger partial charge in [-0.05, 0) is 31.4 Å². The van der Waals surface area contributed by atoms with Crippen molar-refractivity contribution in [3.63, 3.8) is 0 Å². The third kappa shape index (κ3) is 5.51. The standard InChI is InChI=1S/C13H20N2O2S/c1-10(2)14-7-4-8-17-11-5-6-12(15-9-11)13(16)18-3/h5-6,9-10,14H,4,7-8H2,1-3H3. The van der Waals surface area contributed by atoms with E-state index in [0.717, 1.165) is 24.7 Å². The predicted octanol–water partition coefficient (Wildman–Crippen LogP) is 2.35. The molecular weight excluding hydrogens is 248 g/mol. The summed E-state index contributed by atoms with van der Waals surface area (Å²) in [5.74, 6) is 0.706. The lowest BCUT2D eigenvalue weighted by Gasteiger charge is -2.09. The normalized spacial score (nSPS) is 10.7. The van der Waals surface area contributed by atoms with E-state index in [4.69, 9.17) is 4.74 Å². The van der Waals surface area contributed by atoms with Crippen LogP contribution in [0.5, 0.6) is 5.75 Å². The molecule has 0 fully saturated rings. The lowest BCUT2D eigenvalue weighted by atomic mass is 10.3. The number of nitrogens with zero attached hydrogens (tertiary/aromatic N) is 1. The summed E-state index contributed by atoms with van der Waals surface area (Å²) >= 11 is 1.16. The summed E-state index contributed by atoms with van der Waals surface area (Å²) in [5.41, 5.74) is 0.469. The van der Waals surface area contributed by atoms with E-state index in [1.165, 1.54) is 0 Å². The van der Waals surface area contributed by atoms with E-state index >= 15 is 0 Å². The van der Waals surface area contributed by atoms with Crippen LogP contribution in [0.2, 0.25) is 0 Å². The Kier molecular flexibility index (Phi) is 6.75. The third-order valence-corrected chi connectivity index (χ3v) is 2.85. The van der Waals surface area contributed by atoms with Crippen molar-refractivity contribution in [3.05, 3.63) is 24.0 Å². The van der Waals surface area contributed by atoms with Crippen molar-refractivity contribution in [2.45, 2.75) is 26.3 Å². The molecule has 1 aromatic rings. The van der Waals surface area contributed by atoms with Gasteiger partial charge in [0.15, 0.2) is 0 Å². The van der Waals surface area contributed by atoms with E-state index in [1.807, 2.05) is 0 Å². The summed E-state index contributed by atoms with van der Waals surface area (Å²) in [4.78, 5) is 15.4. The van der Waals surface area contributed by atoms with E-state index in [9.17, 15) is 4.79 Å². The van der Waals surface area contributed by atoms with Crippen molar-refractivity contribution in [3.8, 4) is 5.75 Å². The van der Waals surface area contributed by atoms with Crippen LogP contribution in [0.1, 0.15) is 30.8 Å². The number of rotatable bonds is 7. The second kappa shape index (κ2) is 8.11. The van der Waals surface area contributed by atoms with Gasteiger partial charge < -0.3 is 10.1 Å². The van der Waals surface area contributed by atoms with Crippen LogP contribution in [0, 0.1) is 0 Å². The van der Waals surface area contributed by atoms with E-state index in [2.05, 4.69) is 24.1 Å². The Morgan fingerprint density at radius 1 is 1.50 bits per heavy atom. The van der Waals surface area contributed by atoms with Crippen LogP contribution in [0.15, 0.2) is 18.3 Å². The third-order valence-electron chi connectivity index (χ3n) is 2.27. The summed E-state index contributed by atoms with van der Waals surface area (Å²) < 4.78 is 5.54. The number of carbonyl (C=O) groups is 1. The number of hydrogen-bond donors (Lipinski definition) is 1. The molecule has 0 radical (unpaired) electrons. The highest BCUT2D eigenvalue weighted by atomic mass is 32.2. The van der Waals surface area contributed by atoms with Crippen molar-refractivity contribution in [1.82, 2.24) is 10.3 Å². The lowest BCUT2D eigenvalue weighted by molar-refractivity contribution is 0.108. The molecule has 1 rings (SSSR count). The molecule has 0 atom stereocenters. The molecule has 0 aliphatic heterocycles. The van der Waals surface area contributed by atoms with Crippen molar-refractivity contribution in [2.75, 3.05) is 19.4 Å². The predicted molar refractivity (Wildman–Crippen MR) is 75.3 cm³/mol. The number of carbonyl (C=O) groups excluding carboxylic acids is 1. The van der Waals surface area contributed by atoms with Gasteiger partial charge in [-0.1, -0.05) is 25.6 Å². The smallest absolute Gasteiger partial charge is 0.237 e. The minimum absolute atomic E-state index is 0.0253. The fraction of sp³-hybridized carbons (Fsp3) is 0.538. The fourth-order valence-corrected chi connectivity index (χ4v) is 1.67. The van der Waals surface area contributed by atoms with Crippen LogP contribution in [-0.4, -0.2) is 35.5 Å². The first-order valence-electron chi connectivity index (χ1n) is 6.04. The van der Waals surface area contributed by atoms with Gasteiger partial charge in [0, 0.05) is 6.04 Å². The van der Waals surface area contributed by atoms with Gasteiger partial charge in [-0.15, -0.1) is 0 Å². The Bertz CT molecular complexity index is 366. The minimum Gasteiger partial charge on any atom is -0.492 e. The van der Waals surface area contributed by atoms with Gasteiger partial charge in [0.2, 0.25) is 5.12 Å². The van der Waals surface area contributed by atoms with Crippen LogP contribution in [0.25, 0.3) is 0 Å². The Morgan fingerprint density at radius 2 is 2.28 bits per heavy atom. The van der Waals surface area contributed by atoms with Crippen molar-refractivity contribution in [1.29, 1.82) is 0 Å². The maximum absolute atomic E-state index is 11.3. The molecule has 1 N–H and O–H groups in total. The summed E-state index contributed by atoms with van der Waals surface area (Å²) in [5, 5.41) is 3.30. The molecule has 18 heavy (non-hydrogen) atoms. The van der Waals surface area contributed by atoms with Crippen molar-refractivity contribution < 1.29 is 9.53 Å². The van der Waals surface area contributed by atoms with Gasteiger partial charge in [-0.25, -0.2) is 4.98 Å². The number of ether oxygens (including phenoxy) is 1. The molecule has 100 valence electrons. The van der Waals surface area contributed by atoms with Crippen LogP contribution in [-0.2, 0) is 0 Å². The molecule has 1 aromatic heterocycles. The van der Waals surface area contributed by atoms with Crippen LogP contribution in [0.3, 0.4) is 0 Å². The molecule has 0 saturated carbocycles. The second-order valence-electron chi connectivity index (χ2n) is 4.18. The highest BCUT2D eigenvalue weighted by Gasteiger charge is 2.05.